The van der Waals surface area contributed by atoms with Crippen molar-refractivity contribution in [1.29, 1.82) is 0 Å². The van der Waals surface area contributed by atoms with Crippen molar-refractivity contribution >= 4 is 5.91 Å². The number of carbonyl (C=O) groups is 1. The minimum absolute atomic E-state index is 0.0586. The maximum absolute atomic E-state index is 12.2. The van der Waals surface area contributed by atoms with Crippen LogP contribution in [-0.4, -0.2) is 34.6 Å². The first-order valence-electron chi connectivity index (χ1n) is 6.31. The molecular formula is C14H20N2O2. The second kappa shape index (κ2) is 5.08. The number of rotatable bonds is 2. The van der Waals surface area contributed by atoms with Gasteiger partial charge in [0.1, 0.15) is 6.04 Å². The van der Waals surface area contributed by atoms with Gasteiger partial charge < -0.3 is 15.7 Å². The lowest BCUT2D eigenvalue weighted by Gasteiger charge is -2.36. The fraction of sp³-hybridized carbons (Fsp3) is 0.500. The highest BCUT2D eigenvalue weighted by molar-refractivity contribution is 5.83. The zero-order valence-electron chi connectivity index (χ0n) is 10.7. The number of hydrogen-bond acceptors (Lipinski definition) is 3. The van der Waals surface area contributed by atoms with E-state index in [2.05, 4.69) is 0 Å². The van der Waals surface area contributed by atoms with Crippen LogP contribution in [0.2, 0.25) is 0 Å². The van der Waals surface area contributed by atoms with Crippen LogP contribution in [0.1, 0.15) is 31.4 Å². The van der Waals surface area contributed by atoms with Gasteiger partial charge in [-0.2, -0.15) is 0 Å². The number of benzene rings is 1. The molecule has 18 heavy (non-hydrogen) atoms. The highest BCUT2D eigenvalue weighted by Crippen LogP contribution is 2.23. The van der Waals surface area contributed by atoms with Crippen LogP contribution in [0.5, 0.6) is 0 Å². The highest BCUT2D eigenvalue weighted by Gasteiger charge is 2.31. The van der Waals surface area contributed by atoms with E-state index >= 15 is 0 Å². The van der Waals surface area contributed by atoms with Crippen molar-refractivity contribution in [3.63, 3.8) is 0 Å². The normalized spacial score (nSPS) is 20.5. The Kier molecular flexibility index (Phi) is 3.68. The molecule has 4 heteroatoms. The molecule has 1 heterocycles. The maximum Gasteiger partial charge on any atom is 0.244 e. The summed E-state index contributed by atoms with van der Waals surface area (Å²) in [5, 5.41) is 9.86. The Bertz CT molecular complexity index is 407. The van der Waals surface area contributed by atoms with Crippen LogP contribution in [0.4, 0.5) is 0 Å². The van der Waals surface area contributed by atoms with Gasteiger partial charge in [0.15, 0.2) is 0 Å². The predicted octanol–water partition coefficient (Wildman–Crippen LogP) is 1.06. The van der Waals surface area contributed by atoms with E-state index in [0.29, 0.717) is 25.9 Å². The molecule has 0 radical (unpaired) electrons. The number of aliphatic hydroxyl groups is 1. The van der Waals surface area contributed by atoms with Crippen molar-refractivity contribution in [1.82, 2.24) is 4.90 Å². The smallest absolute Gasteiger partial charge is 0.244 e. The van der Waals surface area contributed by atoms with E-state index < -0.39 is 11.6 Å². The number of piperidine rings is 1. The summed E-state index contributed by atoms with van der Waals surface area (Å²) < 4.78 is 0. The summed E-state index contributed by atoms with van der Waals surface area (Å²) in [5.41, 5.74) is 6.17. The van der Waals surface area contributed by atoms with E-state index in [1.165, 1.54) is 0 Å². The van der Waals surface area contributed by atoms with Crippen LogP contribution in [0.3, 0.4) is 0 Å². The van der Waals surface area contributed by atoms with Gasteiger partial charge >= 0.3 is 0 Å². The lowest BCUT2D eigenvalue weighted by Crippen LogP contribution is -2.47. The first-order chi connectivity index (χ1) is 8.49. The Labute approximate surface area is 107 Å². The number of amides is 1. The fourth-order valence-corrected chi connectivity index (χ4v) is 2.21. The van der Waals surface area contributed by atoms with Crippen molar-refractivity contribution in [2.45, 2.75) is 31.4 Å². The second-order valence-electron chi connectivity index (χ2n) is 5.21. The summed E-state index contributed by atoms with van der Waals surface area (Å²) in [6, 6.07) is 8.78. The molecule has 1 atom stereocenters. The van der Waals surface area contributed by atoms with E-state index in [4.69, 9.17) is 5.73 Å². The first-order valence-corrected chi connectivity index (χ1v) is 6.31. The molecule has 0 aromatic heterocycles. The number of nitrogens with two attached hydrogens (primary N) is 1. The van der Waals surface area contributed by atoms with Crippen LogP contribution in [0.25, 0.3) is 0 Å². The molecule has 2 rings (SSSR count). The topological polar surface area (TPSA) is 66.6 Å². The maximum atomic E-state index is 12.2. The van der Waals surface area contributed by atoms with Crippen molar-refractivity contribution in [3.05, 3.63) is 35.9 Å². The molecule has 0 bridgehead atoms. The molecule has 0 unspecified atom stereocenters. The second-order valence-corrected chi connectivity index (χ2v) is 5.21. The molecule has 3 N–H and O–H groups in total. The predicted molar refractivity (Wildman–Crippen MR) is 69.8 cm³/mol. The van der Waals surface area contributed by atoms with Gasteiger partial charge in [-0.3, -0.25) is 4.79 Å². The Balaban J connectivity index is 2.00. The molecule has 1 aliphatic heterocycles. The Hall–Kier alpha value is -1.39. The molecule has 1 aromatic rings. The Morgan fingerprint density at radius 3 is 2.44 bits per heavy atom. The van der Waals surface area contributed by atoms with Gasteiger partial charge in [-0.15, -0.1) is 0 Å². The molecule has 1 fully saturated rings. The molecule has 4 nitrogen and oxygen atoms in total. The summed E-state index contributed by atoms with van der Waals surface area (Å²) in [4.78, 5) is 14.0. The molecule has 1 amide bonds. The molecule has 98 valence electrons. The first kappa shape index (κ1) is 13.1. The van der Waals surface area contributed by atoms with Gasteiger partial charge in [-0.1, -0.05) is 30.3 Å². The van der Waals surface area contributed by atoms with Crippen molar-refractivity contribution in [2.75, 3.05) is 13.1 Å². The Morgan fingerprint density at radius 2 is 1.89 bits per heavy atom. The lowest BCUT2D eigenvalue weighted by molar-refractivity contribution is -0.136. The molecular weight excluding hydrogens is 228 g/mol. The number of likely N-dealkylation sites (tertiary alicyclic amines) is 1. The number of nitrogens with zero attached hydrogens (tertiary/aromatic N) is 1. The van der Waals surface area contributed by atoms with Gasteiger partial charge in [0.2, 0.25) is 5.91 Å². The van der Waals surface area contributed by atoms with E-state index in [1.807, 2.05) is 37.3 Å². The van der Waals surface area contributed by atoms with Crippen LogP contribution < -0.4 is 5.73 Å². The monoisotopic (exact) mass is 248 g/mol. The van der Waals surface area contributed by atoms with E-state index in [1.54, 1.807) is 4.90 Å². The van der Waals surface area contributed by atoms with E-state index in [-0.39, 0.29) is 5.91 Å². The summed E-state index contributed by atoms with van der Waals surface area (Å²) in [6.45, 7) is 2.96. The van der Waals surface area contributed by atoms with Gasteiger partial charge in [0.05, 0.1) is 5.60 Å². The SMILES string of the molecule is CC1(O)CCN(C(=O)[C@H](N)c2ccccc2)CC1. The largest absolute Gasteiger partial charge is 0.390 e. The Morgan fingerprint density at radius 1 is 1.33 bits per heavy atom. The lowest BCUT2D eigenvalue weighted by atomic mass is 9.93. The third-order valence-corrected chi connectivity index (χ3v) is 3.58. The van der Waals surface area contributed by atoms with Crippen LogP contribution >= 0.6 is 0 Å². The summed E-state index contributed by atoms with van der Waals surface area (Å²) in [6.07, 6.45) is 1.22. The highest BCUT2D eigenvalue weighted by atomic mass is 16.3. The molecule has 1 aliphatic rings. The molecule has 0 saturated carbocycles. The third-order valence-electron chi connectivity index (χ3n) is 3.58. The quantitative estimate of drug-likeness (QED) is 0.822. The zero-order valence-corrected chi connectivity index (χ0v) is 10.7. The van der Waals surface area contributed by atoms with Crippen molar-refractivity contribution in [2.24, 2.45) is 5.73 Å². The van der Waals surface area contributed by atoms with Crippen molar-refractivity contribution < 1.29 is 9.90 Å². The van der Waals surface area contributed by atoms with E-state index in [0.717, 1.165) is 5.56 Å². The zero-order chi connectivity index (χ0) is 13.2. The average Bonchev–Trinajstić information content (AvgIpc) is 2.38. The van der Waals surface area contributed by atoms with E-state index in [9.17, 15) is 9.90 Å². The molecule has 1 saturated heterocycles. The summed E-state index contributed by atoms with van der Waals surface area (Å²) >= 11 is 0. The van der Waals surface area contributed by atoms with Gasteiger partial charge in [0, 0.05) is 13.1 Å². The number of hydrogen-bond donors (Lipinski definition) is 2. The summed E-state index contributed by atoms with van der Waals surface area (Å²) in [7, 11) is 0. The van der Waals surface area contributed by atoms with Gasteiger partial charge in [0.25, 0.3) is 0 Å². The van der Waals surface area contributed by atoms with Crippen LogP contribution in [0.15, 0.2) is 30.3 Å². The van der Waals surface area contributed by atoms with Gasteiger partial charge in [-0.05, 0) is 25.3 Å². The average molecular weight is 248 g/mol. The fourth-order valence-electron chi connectivity index (χ4n) is 2.21. The van der Waals surface area contributed by atoms with Crippen LogP contribution in [-0.2, 0) is 4.79 Å². The third kappa shape index (κ3) is 2.89. The minimum atomic E-state index is -0.645. The van der Waals surface area contributed by atoms with Crippen molar-refractivity contribution in [3.8, 4) is 0 Å². The summed E-state index contributed by atoms with van der Waals surface area (Å²) in [5.74, 6) is -0.0586. The molecule has 0 aliphatic carbocycles. The standard InChI is InChI=1S/C14H20N2O2/c1-14(18)7-9-16(10-8-14)13(17)12(15)11-5-3-2-4-6-11/h2-6,12,18H,7-10,15H2,1H3/t12-/m1/s1. The molecule has 0 spiro atoms. The number of carbonyl (C=O) groups excluding carboxylic acids is 1. The molecule has 1 aromatic carbocycles. The minimum Gasteiger partial charge on any atom is -0.390 e. The van der Waals surface area contributed by atoms with Crippen LogP contribution in [0, 0.1) is 0 Å². The van der Waals surface area contributed by atoms with Gasteiger partial charge in [-0.25, -0.2) is 0 Å².